The van der Waals surface area contributed by atoms with E-state index in [-0.39, 0.29) is 17.5 Å². The second-order valence-corrected chi connectivity index (χ2v) is 8.04. The summed E-state index contributed by atoms with van der Waals surface area (Å²) in [5.41, 5.74) is 9.12. The van der Waals surface area contributed by atoms with Gasteiger partial charge in [-0.15, -0.1) is 0 Å². The SMILES string of the molecule is CN1CCC(CN)C1.CNC(=O)c1cc(-c2ccc(F)cc2)cc(-c2ccc(F)cc2)c1. The van der Waals surface area contributed by atoms with E-state index in [9.17, 15) is 13.6 Å². The Morgan fingerprint density at radius 3 is 1.78 bits per heavy atom. The Kier molecular flexibility index (Phi) is 8.09. The van der Waals surface area contributed by atoms with E-state index in [0.717, 1.165) is 34.7 Å². The number of amides is 1. The van der Waals surface area contributed by atoms with Gasteiger partial charge in [0.2, 0.25) is 0 Å². The average molecular weight is 438 g/mol. The zero-order chi connectivity index (χ0) is 23.1. The number of likely N-dealkylation sites (tertiary alicyclic amines) is 1. The van der Waals surface area contributed by atoms with Gasteiger partial charge in [0.1, 0.15) is 11.6 Å². The number of rotatable bonds is 4. The fourth-order valence-electron chi connectivity index (χ4n) is 3.74. The summed E-state index contributed by atoms with van der Waals surface area (Å²) in [5.74, 6) is -0.0812. The summed E-state index contributed by atoms with van der Waals surface area (Å²) >= 11 is 0. The van der Waals surface area contributed by atoms with Crippen LogP contribution >= 0.6 is 0 Å². The van der Waals surface area contributed by atoms with Crippen LogP contribution < -0.4 is 11.1 Å². The van der Waals surface area contributed by atoms with Crippen molar-refractivity contribution in [3.8, 4) is 22.3 Å². The molecule has 1 amide bonds. The molecule has 168 valence electrons. The second-order valence-electron chi connectivity index (χ2n) is 8.04. The van der Waals surface area contributed by atoms with Crippen LogP contribution in [0.2, 0.25) is 0 Å². The molecule has 32 heavy (non-hydrogen) atoms. The molecule has 1 fully saturated rings. The van der Waals surface area contributed by atoms with Crippen molar-refractivity contribution >= 4 is 5.91 Å². The molecule has 1 atom stereocenters. The van der Waals surface area contributed by atoms with Crippen LogP contribution in [0.1, 0.15) is 16.8 Å². The van der Waals surface area contributed by atoms with Crippen LogP contribution in [-0.4, -0.2) is 44.5 Å². The number of benzene rings is 3. The minimum absolute atomic E-state index is 0.220. The predicted octanol–water partition coefficient (Wildman–Crippen LogP) is 4.56. The first kappa shape index (κ1) is 23.6. The molecule has 1 aliphatic rings. The standard InChI is InChI=1S/C20H15F2NO.C6H14N2/c1-23-20(24)17-11-15(13-2-6-18(21)7-3-13)10-16(12-17)14-4-8-19(22)9-5-14;1-8-3-2-6(4-7)5-8/h2-12H,1H3,(H,23,24);6H,2-5,7H2,1H3. The van der Waals surface area contributed by atoms with Crippen LogP contribution in [-0.2, 0) is 0 Å². The molecule has 3 aromatic carbocycles. The summed E-state index contributed by atoms with van der Waals surface area (Å²) < 4.78 is 26.3. The molecule has 1 heterocycles. The Morgan fingerprint density at radius 1 is 0.938 bits per heavy atom. The summed E-state index contributed by atoms with van der Waals surface area (Å²) in [4.78, 5) is 14.4. The van der Waals surface area contributed by atoms with Crippen LogP contribution in [0.5, 0.6) is 0 Å². The first-order valence-corrected chi connectivity index (χ1v) is 10.7. The van der Waals surface area contributed by atoms with E-state index in [0.29, 0.717) is 5.56 Å². The number of nitrogens with two attached hydrogens (primary N) is 1. The van der Waals surface area contributed by atoms with Gasteiger partial charge in [-0.2, -0.15) is 0 Å². The fraction of sp³-hybridized carbons (Fsp3) is 0.269. The predicted molar refractivity (Wildman–Crippen MR) is 125 cm³/mol. The summed E-state index contributed by atoms with van der Waals surface area (Å²) in [5, 5.41) is 2.60. The summed E-state index contributed by atoms with van der Waals surface area (Å²) in [7, 11) is 3.71. The first-order valence-electron chi connectivity index (χ1n) is 10.7. The van der Waals surface area contributed by atoms with Crippen LogP contribution in [0.3, 0.4) is 0 Å². The van der Waals surface area contributed by atoms with Crippen molar-refractivity contribution in [1.82, 2.24) is 10.2 Å². The lowest BCUT2D eigenvalue weighted by atomic mass is 9.96. The molecular formula is C26H29F2N3O. The van der Waals surface area contributed by atoms with Gasteiger partial charge < -0.3 is 16.0 Å². The van der Waals surface area contributed by atoms with Crippen molar-refractivity contribution in [3.63, 3.8) is 0 Å². The highest BCUT2D eigenvalue weighted by Gasteiger charge is 2.16. The van der Waals surface area contributed by atoms with Gasteiger partial charge in [-0.1, -0.05) is 24.3 Å². The number of carbonyl (C=O) groups excluding carboxylic acids is 1. The Morgan fingerprint density at radius 2 is 1.44 bits per heavy atom. The van der Waals surface area contributed by atoms with E-state index < -0.39 is 0 Å². The molecule has 0 saturated carbocycles. The summed E-state index contributed by atoms with van der Waals surface area (Å²) in [6.45, 7) is 3.31. The van der Waals surface area contributed by atoms with Crippen LogP contribution in [0.4, 0.5) is 8.78 Å². The highest BCUT2D eigenvalue weighted by molar-refractivity contribution is 5.97. The third kappa shape index (κ3) is 6.22. The van der Waals surface area contributed by atoms with E-state index in [1.54, 1.807) is 43.4 Å². The lowest BCUT2D eigenvalue weighted by Crippen LogP contribution is -2.18. The molecular weight excluding hydrogens is 408 g/mol. The molecule has 6 heteroatoms. The van der Waals surface area contributed by atoms with Gasteiger partial charge in [-0.25, -0.2) is 8.78 Å². The Hall–Kier alpha value is -3.09. The highest BCUT2D eigenvalue weighted by Crippen LogP contribution is 2.29. The van der Waals surface area contributed by atoms with Gasteiger partial charge in [0.25, 0.3) is 5.91 Å². The van der Waals surface area contributed by atoms with Gasteiger partial charge in [0.05, 0.1) is 0 Å². The minimum atomic E-state index is -0.319. The monoisotopic (exact) mass is 437 g/mol. The van der Waals surface area contributed by atoms with Crippen molar-refractivity contribution in [2.75, 3.05) is 33.7 Å². The third-order valence-electron chi connectivity index (χ3n) is 5.60. The van der Waals surface area contributed by atoms with Crippen molar-refractivity contribution in [2.24, 2.45) is 11.7 Å². The van der Waals surface area contributed by atoms with Crippen LogP contribution in [0.25, 0.3) is 22.3 Å². The average Bonchev–Trinajstić information content (AvgIpc) is 3.25. The molecule has 3 N–H and O–H groups in total. The third-order valence-corrected chi connectivity index (χ3v) is 5.60. The van der Waals surface area contributed by atoms with Crippen molar-refractivity contribution < 1.29 is 13.6 Å². The number of nitrogens with zero attached hydrogens (tertiary/aromatic N) is 1. The minimum Gasteiger partial charge on any atom is -0.355 e. The number of hydrogen-bond donors (Lipinski definition) is 2. The smallest absolute Gasteiger partial charge is 0.251 e. The largest absolute Gasteiger partial charge is 0.355 e. The quantitative estimate of drug-likeness (QED) is 0.629. The fourth-order valence-corrected chi connectivity index (χ4v) is 3.74. The Balaban J connectivity index is 0.000000305. The van der Waals surface area contributed by atoms with Gasteiger partial charge in [0.15, 0.2) is 0 Å². The van der Waals surface area contributed by atoms with E-state index in [2.05, 4.69) is 17.3 Å². The molecule has 0 bridgehead atoms. The van der Waals surface area contributed by atoms with Gasteiger partial charge in [0, 0.05) is 19.2 Å². The van der Waals surface area contributed by atoms with Gasteiger partial charge in [-0.3, -0.25) is 4.79 Å². The highest BCUT2D eigenvalue weighted by atomic mass is 19.1. The molecule has 1 unspecified atom stereocenters. The zero-order valence-electron chi connectivity index (χ0n) is 18.4. The molecule has 0 spiro atoms. The number of hydrogen-bond acceptors (Lipinski definition) is 3. The Labute approximate surface area is 188 Å². The normalized spacial score (nSPS) is 15.7. The maximum Gasteiger partial charge on any atom is 0.251 e. The van der Waals surface area contributed by atoms with Crippen molar-refractivity contribution in [3.05, 3.63) is 83.9 Å². The summed E-state index contributed by atoms with van der Waals surface area (Å²) in [6, 6.07) is 17.5. The van der Waals surface area contributed by atoms with Crippen molar-refractivity contribution in [1.29, 1.82) is 0 Å². The number of nitrogens with one attached hydrogen (secondary N) is 1. The maximum atomic E-state index is 13.1. The topological polar surface area (TPSA) is 58.4 Å². The molecule has 4 nitrogen and oxygen atoms in total. The van der Waals surface area contributed by atoms with E-state index in [4.69, 9.17) is 5.73 Å². The molecule has 0 aromatic heterocycles. The van der Waals surface area contributed by atoms with E-state index in [1.807, 2.05) is 6.07 Å². The maximum absolute atomic E-state index is 13.1. The number of carbonyl (C=O) groups is 1. The lowest BCUT2D eigenvalue weighted by Gasteiger charge is -2.10. The molecule has 4 rings (SSSR count). The second kappa shape index (κ2) is 11.0. The lowest BCUT2D eigenvalue weighted by molar-refractivity contribution is 0.0963. The van der Waals surface area contributed by atoms with Crippen LogP contribution in [0, 0.1) is 17.6 Å². The van der Waals surface area contributed by atoms with E-state index in [1.165, 1.54) is 43.8 Å². The summed E-state index contributed by atoms with van der Waals surface area (Å²) in [6.07, 6.45) is 1.30. The molecule has 3 aromatic rings. The molecule has 1 aliphatic heterocycles. The number of halogens is 2. The van der Waals surface area contributed by atoms with Gasteiger partial charge >= 0.3 is 0 Å². The van der Waals surface area contributed by atoms with E-state index >= 15 is 0 Å². The molecule has 1 saturated heterocycles. The molecule has 0 aliphatic carbocycles. The molecule has 0 radical (unpaired) electrons. The first-order chi connectivity index (χ1) is 15.4. The zero-order valence-corrected chi connectivity index (χ0v) is 18.4. The Bertz CT molecular complexity index is 972. The van der Waals surface area contributed by atoms with Crippen molar-refractivity contribution in [2.45, 2.75) is 6.42 Å². The van der Waals surface area contributed by atoms with Crippen LogP contribution in [0.15, 0.2) is 66.7 Å². The van der Waals surface area contributed by atoms with Gasteiger partial charge in [-0.05, 0) is 97.2 Å².